The number of hydrogen-bond acceptors (Lipinski definition) is 11. The minimum Gasteiger partial charge on any atom is -0.337 e. The Balaban J connectivity index is 1.19. The molecule has 5 rings (SSSR count). The largest absolute Gasteiger partial charge is 0.337 e. The second-order valence-electron chi connectivity index (χ2n) is 8.15. The quantitative estimate of drug-likeness (QED) is 0.223. The van der Waals surface area contributed by atoms with E-state index in [4.69, 9.17) is 6.42 Å². The number of carbonyl (C=O) groups is 2. The van der Waals surface area contributed by atoms with Crippen LogP contribution in [-0.4, -0.2) is 70.5 Å². The fraction of sp³-hybridized carbons (Fsp3) is 0.364. The van der Waals surface area contributed by atoms with Crippen LogP contribution in [-0.2, 0) is 0 Å². The number of amides is 2. The van der Waals surface area contributed by atoms with Gasteiger partial charge in [-0.2, -0.15) is 5.10 Å². The van der Waals surface area contributed by atoms with Crippen molar-refractivity contribution >= 4 is 57.0 Å². The van der Waals surface area contributed by atoms with Gasteiger partial charge < -0.3 is 4.90 Å². The number of piperidine rings is 1. The summed E-state index contributed by atoms with van der Waals surface area (Å²) in [6.07, 6.45) is 6.76. The average Bonchev–Trinajstić information content (AvgIpc) is 3.62. The van der Waals surface area contributed by atoms with Crippen molar-refractivity contribution in [1.82, 2.24) is 39.9 Å². The molecule has 0 aromatic carbocycles. The van der Waals surface area contributed by atoms with Gasteiger partial charge in [0.05, 0.1) is 22.1 Å². The van der Waals surface area contributed by atoms with E-state index < -0.39 is 0 Å². The molecule has 0 spiro atoms. The Hall–Kier alpha value is -3.41. The van der Waals surface area contributed by atoms with Crippen LogP contribution >= 0.6 is 34.4 Å². The molecule has 1 fully saturated rings. The molecule has 0 unspecified atom stereocenters. The van der Waals surface area contributed by atoms with Crippen LogP contribution in [0.1, 0.15) is 56.1 Å². The summed E-state index contributed by atoms with van der Waals surface area (Å²) in [6, 6.07) is 1.83. The lowest BCUT2D eigenvalue weighted by molar-refractivity contribution is 0.0704. The van der Waals surface area contributed by atoms with Crippen molar-refractivity contribution in [2.45, 2.75) is 36.9 Å². The number of aryl methyl sites for hydroxylation is 2. The number of anilines is 1. The van der Waals surface area contributed by atoms with Crippen LogP contribution < -0.4 is 5.32 Å². The molecule has 5 heterocycles. The molecule has 0 atom stereocenters. The first kappa shape index (κ1) is 24.3. The van der Waals surface area contributed by atoms with Gasteiger partial charge in [-0.25, -0.2) is 9.50 Å². The third kappa shape index (κ3) is 4.95. The van der Waals surface area contributed by atoms with Gasteiger partial charge in [-0.15, -0.1) is 38.2 Å². The number of carbonyl (C=O) groups excluding carboxylic acids is 2. The number of nitrogens with zero attached hydrogens (tertiary/aromatic N) is 8. The maximum Gasteiger partial charge on any atom is 0.276 e. The normalized spacial score (nSPS) is 14.2. The van der Waals surface area contributed by atoms with Crippen LogP contribution in [0.4, 0.5) is 5.13 Å². The summed E-state index contributed by atoms with van der Waals surface area (Å²) < 4.78 is 2.35. The number of rotatable bonds is 6. The highest BCUT2D eigenvalue weighted by Gasteiger charge is 2.29. The molecule has 0 bridgehead atoms. The van der Waals surface area contributed by atoms with E-state index in [0.29, 0.717) is 51.0 Å². The Morgan fingerprint density at radius 3 is 2.81 bits per heavy atom. The highest BCUT2D eigenvalue weighted by Crippen LogP contribution is 2.31. The van der Waals surface area contributed by atoms with E-state index in [-0.39, 0.29) is 17.7 Å². The smallest absolute Gasteiger partial charge is 0.276 e. The van der Waals surface area contributed by atoms with Crippen LogP contribution in [0.15, 0.2) is 15.8 Å². The van der Waals surface area contributed by atoms with Crippen LogP contribution in [0.3, 0.4) is 0 Å². The third-order valence-corrected chi connectivity index (χ3v) is 8.60. The van der Waals surface area contributed by atoms with Crippen molar-refractivity contribution < 1.29 is 9.59 Å². The van der Waals surface area contributed by atoms with E-state index in [0.717, 1.165) is 23.5 Å². The molecule has 14 heteroatoms. The highest BCUT2D eigenvalue weighted by atomic mass is 32.2. The Labute approximate surface area is 218 Å². The predicted molar refractivity (Wildman–Crippen MR) is 138 cm³/mol. The highest BCUT2D eigenvalue weighted by molar-refractivity contribution is 8.01. The second kappa shape index (κ2) is 10.3. The monoisotopic (exact) mass is 539 g/mol. The third-order valence-electron chi connectivity index (χ3n) is 5.72. The van der Waals surface area contributed by atoms with Gasteiger partial charge in [-0.05, 0) is 26.7 Å². The molecule has 1 aliphatic rings. The van der Waals surface area contributed by atoms with Gasteiger partial charge in [-0.1, -0.05) is 29.0 Å². The maximum absolute atomic E-state index is 13.1. The van der Waals surface area contributed by atoms with Crippen LogP contribution in [0.25, 0.3) is 5.65 Å². The average molecular weight is 540 g/mol. The standard InChI is InChI=1S/C22H21N9O2S3/c1-4-9-34-22-28-27-21(36-22)24-18(32)15-11-35-19(23-15)14-5-7-30(8-6-14)20(33)17-13(3)31-16(25-26-17)10-12(2)29-31/h1,10-11,14H,5-9H2,2-3H3,(H,24,27,32). The topological polar surface area (TPSA) is 131 Å². The summed E-state index contributed by atoms with van der Waals surface area (Å²) in [5.41, 5.74) is 2.78. The van der Waals surface area contributed by atoms with E-state index in [1.54, 1.807) is 14.8 Å². The minimum atomic E-state index is -0.326. The molecule has 0 aliphatic carbocycles. The fourth-order valence-electron chi connectivity index (χ4n) is 3.92. The summed E-state index contributed by atoms with van der Waals surface area (Å²) in [4.78, 5) is 32.1. The lowest BCUT2D eigenvalue weighted by atomic mass is 9.97. The van der Waals surface area contributed by atoms with Crippen molar-refractivity contribution in [3.8, 4) is 12.3 Å². The van der Waals surface area contributed by atoms with Gasteiger partial charge in [0.1, 0.15) is 5.69 Å². The summed E-state index contributed by atoms with van der Waals surface area (Å²) in [5.74, 6) is 2.73. The molecule has 0 radical (unpaired) electrons. The number of thiazole rings is 1. The van der Waals surface area contributed by atoms with Crippen LogP contribution in [0.5, 0.6) is 0 Å². The molecule has 4 aromatic rings. The Kier molecular flexibility index (Phi) is 6.95. The zero-order valence-corrected chi connectivity index (χ0v) is 21.9. The van der Waals surface area contributed by atoms with Gasteiger partial charge in [-0.3, -0.25) is 14.9 Å². The summed E-state index contributed by atoms with van der Waals surface area (Å²) in [6.45, 7) is 4.85. The fourth-order valence-corrected chi connectivity index (χ4v) is 6.32. The van der Waals surface area contributed by atoms with E-state index in [1.165, 1.54) is 34.4 Å². The Morgan fingerprint density at radius 2 is 2.03 bits per heavy atom. The summed E-state index contributed by atoms with van der Waals surface area (Å²) in [7, 11) is 0. The van der Waals surface area contributed by atoms with Crippen molar-refractivity contribution in [2.24, 2.45) is 0 Å². The molecular weight excluding hydrogens is 519 g/mol. The Morgan fingerprint density at radius 1 is 1.22 bits per heavy atom. The number of nitrogens with one attached hydrogen (secondary N) is 1. The van der Waals surface area contributed by atoms with Crippen molar-refractivity contribution in [1.29, 1.82) is 0 Å². The maximum atomic E-state index is 13.1. The van der Waals surface area contributed by atoms with E-state index in [2.05, 4.69) is 41.7 Å². The number of likely N-dealkylation sites (tertiary alicyclic amines) is 1. The van der Waals surface area contributed by atoms with Gasteiger partial charge in [0.25, 0.3) is 11.8 Å². The second-order valence-corrected chi connectivity index (χ2v) is 11.2. The number of fused-ring (bicyclic) bond motifs is 1. The summed E-state index contributed by atoms with van der Waals surface area (Å²) in [5, 5.41) is 26.5. The first-order chi connectivity index (χ1) is 17.4. The Bertz CT molecular complexity index is 1480. The number of thioether (sulfide) groups is 1. The molecular formula is C22H21N9O2S3. The molecule has 1 saturated heterocycles. The zero-order chi connectivity index (χ0) is 25.2. The number of aromatic nitrogens is 7. The first-order valence-electron chi connectivity index (χ1n) is 11.1. The lowest BCUT2D eigenvalue weighted by Crippen LogP contribution is -2.39. The number of terminal acetylenes is 1. The van der Waals surface area contributed by atoms with Crippen molar-refractivity contribution in [2.75, 3.05) is 24.2 Å². The summed E-state index contributed by atoms with van der Waals surface area (Å²) >= 11 is 4.12. The molecule has 1 N–H and O–H groups in total. The minimum absolute atomic E-state index is 0.149. The molecule has 11 nitrogen and oxygen atoms in total. The molecule has 184 valence electrons. The van der Waals surface area contributed by atoms with Gasteiger partial charge >= 0.3 is 0 Å². The van der Waals surface area contributed by atoms with Crippen molar-refractivity contribution in [3.63, 3.8) is 0 Å². The van der Waals surface area contributed by atoms with E-state index in [1.807, 2.05) is 19.9 Å². The zero-order valence-electron chi connectivity index (χ0n) is 19.5. The number of hydrogen-bond donors (Lipinski definition) is 1. The molecule has 2 amide bonds. The SMILES string of the molecule is C#CCSc1nnc(NC(=O)c2csc(C3CCN(C(=O)c4nnc5cc(C)nn5c4C)CC3)n2)s1. The van der Waals surface area contributed by atoms with E-state index in [9.17, 15) is 9.59 Å². The molecule has 0 saturated carbocycles. The van der Waals surface area contributed by atoms with Crippen LogP contribution in [0.2, 0.25) is 0 Å². The van der Waals surface area contributed by atoms with Gasteiger partial charge in [0, 0.05) is 30.5 Å². The van der Waals surface area contributed by atoms with Gasteiger partial charge in [0.15, 0.2) is 15.7 Å². The molecule has 1 aliphatic heterocycles. The molecule has 4 aromatic heterocycles. The van der Waals surface area contributed by atoms with E-state index >= 15 is 0 Å². The van der Waals surface area contributed by atoms with Crippen LogP contribution in [0, 0.1) is 26.2 Å². The molecule has 36 heavy (non-hydrogen) atoms. The van der Waals surface area contributed by atoms with Crippen molar-refractivity contribution in [3.05, 3.63) is 39.2 Å². The first-order valence-corrected chi connectivity index (χ1v) is 13.8. The van der Waals surface area contributed by atoms with Gasteiger partial charge in [0.2, 0.25) is 5.13 Å². The lowest BCUT2D eigenvalue weighted by Gasteiger charge is -2.31. The predicted octanol–water partition coefficient (Wildman–Crippen LogP) is 3.05.